The fourth-order valence-electron chi connectivity index (χ4n) is 2.08. The lowest BCUT2D eigenvalue weighted by Crippen LogP contribution is -2.18. The third-order valence-electron chi connectivity index (χ3n) is 3.44. The predicted molar refractivity (Wildman–Crippen MR) is 81.3 cm³/mol. The zero-order chi connectivity index (χ0) is 16.1. The molecule has 2 rings (SSSR count). The number of halogens is 1. The first-order valence-corrected chi connectivity index (χ1v) is 6.81. The maximum atomic E-state index is 13.7. The molecule has 0 radical (unpaired) electrons. The highest BCUT2D eigenvalue weighted by atomic mass is 19.1. The van der Waals surface area contributed by atoms with Crippen molar-refractivity contribution in [1.29, 1.82) is 0 Å². The number of rotatable bonds is 6. The van der Waals surface area contributed by atoms with Gasteiger partial charge in [0.25, 0.3) is 5.69 Å². The second-order valence-electron chi connectivity index (χ2n) is 4.92. The molecule has 5 nitrogen and oxygen atoms in total. The van der Waals surface area contributed by atoms with Crippen LogP contribution in [0.3, 0.4) is 0 Å². The molecule has 1 N–H and O–H groups in total. The first-order chi connectivity index (χ1) is 10.5. The summed E-state index contributed by atoms with van der Waals surface area (Å²) in [4.78, 5) is 10.2. The minimum absolute atomic E-state index is 0.0596. The van der Waals surface area contributed by atoms with Crippen molar-refractivity contribution < 1.29 is 14.1 Å². The van der Waals surface area contributed by atoms with E-state index in [0.29, 0.717) is 6.54 Å². The van der Waals surface area contributed by atoms with Crippen LogP contribution in [0.1, 0.15) is 24.1 Å². The molecule has 0 fully saturated rings. The number of hydrogen-bond acceptors (Lipinski definition) is 4. The lowest BCUT2D eigenvalue weighted by molar-refractivity contribution is -0.384. The molecular weight excluding hydrogens is 287 g/mol. The second-order valence-corrected chi connectivity index (χ2v) is 4.92. The highest BCUT2D eigenvalue weighted by molar-refractivity contribution is 5.33. The van der Waals surface area contributed by atoms with Crippen molar-refractivity contribution in [2.24, 2.45) is 0 Å². The molecule has 0 aliphatic heterocycles. The van der Waals surface area contributed by atoms with Gasteiger partial charge in [-0.15, -0.1) is 0 Å². The Morgan fingerprint density at radius 1 is 1.27 bits per heavy atom. The van der Waals surface area contributed by atoms with E-state index in [0.717, 1.165) is 11.1 Å². The van der Waals surface area contributed by atoms with E-state index < -0.39 is 10.7 Å². The van der Waals surface area contributed by atoms with E-state index in [1.54, 1.807) is 24.3 Å². The zero-order valence-electron chi connectivity index (χ0n) is 12.4. The molecule has 0 aliphatic rings. The summed E-state index contributed by atoms with van der Waals surface area (Å²) in [7, 11) is 1.42. The number of non-ortho nitro benzene ring substituents is 1. The number of nitrogens with one attached hydrogen (secondary N) is 1. The van der Waals surface area contributed by atoms with Crippen LogP contribution in [-0.2, 0) is 6.54 Å². The van der Waals surface area contributed by atoms with E-state index in [4.69, 9.17) is 4.74 Å². The first-order valence-electron chi connectivity index (χ1n) is 6.81. The van der Waals surface area contributed by atoms with Crippen LogP contribution in [0.25, 0.3) is 0 Å². The van der Waals surface area contributed by atoms with Crippen LogP contribution in [0.4, 0.5) is 10.1 Å². The average Bonchev–Trinajstić information content (AvgIpc) is 2.52. The summed E-state index contributed by atoms with van der Waals surface area (Å²) in [6.45, 7) is 2.46. The molecule has 0 aliphatic carbocycles. The van der Waals surface area contributed by atoms with Crippen LogP contribution in [0.2, 0.25) is 0 Å². The van der Waals surface area contributed by atoms with Crippen LogP contribution in [0.5, 0.6) is 5.75 Å². The number of hydrogen-bond donors (Lipinski definition) is 1. The van der Waals surface area contributed by atoms with Gasteiger partial charge in [-0.1, -0.05) is 18.2 Å². The van der Waals surface area contributed by atoms with Gasteiger partial charge in [-0.05, 0) is 30.2 Å². The molecule has 0 saturated carbocycles. The topological polar surface area (TPSA) is 64.4 Å². The quantitative estimate of drug-likeness (QED) is 0.654. The smallest absolute Gasteiger partial charge is 0.269 e. The summed E-state index contributed by atoms with van der Waals surface area (Å²) in [5, 5.41) is 13.8. The molecule has 116 valence electrons. The number of ether oxygens (including phenoxy) is 1. The first kappa shape index (κ1) is 15.9. The number of methoxy groups -OCH3 is 1. The minimum Gasteiger partial charge on any atom is -0.494 e. The highest BCUT2D eigenvalue weighted by Gasteiger charge is 2.10. The second kappa shape index (κ2) is 7.00. The lowest BCUT2D eigenvalue weighted by Gasteiger charge is -2.15. The van der Waals surface area contributed by atoms with Gasteiger partial charge in [-0.25, -0.2) is 4.39 Å². The Bertz CT molecular complexity index is 659. The van der Waals surface area contributed by atoms with Crippen LogP contribution in [-0.4, -0.2) is 12.0 Å². The molecule has 0 amide bonds. The summed E-state index contributed by atoms with van der Waals surface area (Å²) < 4.78 is 18.6. The van der Waals surface area contributed by atoms with Crippen molar-refractivity contribution in [3.05, 3.63) is 69.5 Å². The van der Waals surface area contributed by atoms with E-state index in [1.165, 1.54) is 25.3 Å². The van der Waals surface area contributed by atoms with Gasteiger partial charge < -0.3 is 10.1 Å². The van der Waals surface area contributed by atoms with Crippen molar-refractivity contribution >= 4 is 5.69 Å². The molecule has 2 aromatic carbocycles. The SMILES string of the molecule is COc1ccc(C(C)NCc2ccc([N+](=O)[O-])cc2)cc1F. The Balaban J connectivity index is 1.98. The van der Waals surface area contributed by atoms with E-state index >= 15 is 0 Å². The monoisotopic (exact) mass is 304 g/mol. The van der Waals surface area contributed by atoms with Crippen LogP contribution in [0.15, 0.2) is 42.5 Å². The summed E-state index contributed by atoms with van der Waals surface area (Å²) >= 11 is 0. The van der Waals surface area contributed by atoms with Crippen LogP contribution < -0.4 is 10.1 Å². The molecule has 0 heterocycles. The lowest BCUT2D eigenvalue weighted by atomic mass is 10.1. The molecule has 2 aromatic rings. The van der Waals surface area contributed by atoms with Gasteiger partial charge in [0, 0.05) is 24.7 Å². The van der Waals surface area contributed by atoms with Gasteiger partial charge in [-0.2, -0.15) is 0 Å². The third-order valence-corrected chi connectivity index (χ3v) is 3.44. The van der Waals surface area contributed by atoms with Crippen molar-refractivity contribution in [1.82, 2.24) is 5.32 Å². The van der Waals surface area contributed by atoms with Crippen molar-refractivity contribution in [3.63, 3.8) is 0 Å². The van der Waals surface area contributed by atoms with Crippen molar-refractivity contribution in [2.45, 2.75) is 19.5 Å². The van der Waals surface area contributed by atoms with Gasteiger partial charge in [0.05, 0.1) is 12.0 Å². The third kappa shape index (κ3) is 3.79. The van der Waals surface area contributed by atoms with Gasteiger partial charge in [0.1, 0.15) is 0 Å². The maximum absolute atomic E-state index is 13.7. The Morgan fingerprint density at radius 3 is 2.50 bits per heavy atom. The van der Waals surface area contributed by atoms with Crippen LogP contribution in [0, 0.1) is 15.9 Å². The molecular formula is C16H17FN2O3. The molecule has 1 atom stereocenters. The highest BCUT2D eigenvalue weighted by Crippen LogP contribution is 2.22. The Hall–Kier alpha value is -2.47. The fourth-order valence-corrected chi connectivity index (χ4v) is 2.08. The molecule has 22 heavy (non-hydrogen) atoms. The van der Waals surface area contributed by atoms with E-state index in [1.807, 2.05) is 6.92 Å². The van der Waals surface area contributed by atoms with E-state index in [2.05, 4.69) is 5.32 Å². The summed E-state index contributed by atoms with van der Waals surface area (Å²) in [6, 6.07) is 11.1. The van der Waals surface area contributed by atoms with Crippen molar-refractivity contribution in [2.75, 3.05) is 7.11 Å². The maximum Gasteiger partial charge on any atom is 0.269 e. The van der Waals surface area contributed by atoms with E-state index in [9.17, 15) is 14.5 Å². The zero-order valence-corrected chi connectivity index (χ0v) is 12.4. The molecule has 1 unspecified atom stereocenters. The van der Waals surface area contributed by atoms with Gasteiger partial charge in [-0.3, -0.25) is 10.1 Å². The van der Waals surface area contributed by atoms with Gasteiger partial charge >= 0.3 is 0 Å². The Kier molecular flexibility index (Phi) is 5.06. The van der Waals surface area contributed by atoms with E-state index in [-0.39, 0.29) is 17.5 Å². The normalized spacial score (nSPS) is 12.0. The predicted octanol–water partition coefficient (Wildman–Crippen LogP) is 3.59. The number of nitro benzene ring substituents is 1. The molecule has 0 spiro atoms. The molecule has 0 saturated heterocycles. The number of benzene rings is 2. The number of nitrogens with zero attached hydrogens (tertiary/aromatic N) is 1. The van der Waals surface area contributed by atoms with Gasteiger partial charge in [0.2, 0.25) is 0 Å². The summed E-state index contributed by atoms with van der Waals surface area (Å²) in [5.41, 5.74) is 1.79. The van der Waals surface area contributed by atoms with Crippen LogP contribution >= 0.6 is 0 Å². The molecule has 0 bridgehead atoms. The fraction of sp³-hybridized carbons (Fsp3) is 0.250. The Labute approximate surface area is 127 Å². The average molecular weight is 304 g/mol. The molecule has 0 aromatic heterocycles. The Morgan fingerprint density at radius 2 is 1.95 bits per heavy atom. The van der Waals surface area contributed by atoms with Gasteiger partial charge in [0.15, 0.2) is 11.6 Å². The largest absolute Gasteiger partial charge is 0.494 e. The molecule has 6 heteroatoms. The van der Waals surface area contributed by atoms with Crippen molar-refractivity contribution in [3.8, 4) is 5.75 Å². The summed E-state index contributed by atoms with van der Waals surface area (Å²) in [6.07, 6.45) is 0. The number of nitro groups is 1. The summed E-state index contributed by atoms with van der Waals surface area (Å²) in [5.74, 6) is -0.185. The minimum atomic E-state index is -0.431. The standard InChI is InChI=1S/C16H17FN2O3/c1-11(13-5-8-16(22-2)15(17)9-13)18-10-12-3-6-14(7-4-12)19(20)21/h3-9,11,18H,10H2,1-2H3.